The van der Waals surface area contributed by atoms with Gasteiger partial charge in [0, 0.05) is 6.92 Å². The highest BCUT2D eigenvalue weighted by Gasteiger charge is 2.45. The van der Waals surface area contributed by atoms with Crippen molar-refractivity contribution in [2.45, 2.75) is 57.5 Å². The van der Waals surface area contributed by atoms with Gasteiger partial charge in [-0.1, -0.05) is 0 Å². The minimum Gasteiger partial charge on any atom is -0.394 e. The van der Waals surface area contributed by atoms with Gasteiger partial charge in [0.05, 0.1) is 12.7 Å². The number of carbonyl (C=O) groups excluding carboxylic acids is 1. The lowest BCUT2D eigenvalue weighted by molar-refractivity contribution is -0.278. The summed E-state index contributed by atoms with van der Waals surface area (Å²) in [6.45, 7) is 4.41. The smallest absolute Gasteiger partial charge is 0.217 e. The summed E-state index contributed by atoms with van der Waals surface area (Å²) in [6, 6.07) is -0.873. The van der Waals surface area contributed by atoms with Gasteiger partial charge < -0.3 is 30.1 Å². The van der Waals surface area contributed by atoms with E-state index in [9.17, 15) is 15.0 Å². The van der Waals surface area contributed by atoms with Gasteiger partial charge in [0.25, 0.3) is 0 Å². The van der Waals surface area contributed by atoms with Gasteiger partial charge in [-0.15, -0.1) is 0 Å². The second-order valence-corrected chi connectivity index (χ2v) is 4.62. The van der Waals surface area contributed by atoms with E-state index in [4.69, 9.17) is 14.6 Å². The van der Waals surface area contributed by atoms with Crippen LogP contribution in [0.15, 0.2) is 0 Å². The molecule has 7 nitrogen and oxygen atoms in total. The molecule has 1 aliphatic rings. The zero-order chi connectivity index (χ0) is 13.9. The molecule has 7 heteroatoms. The normalized spacial score (nSPS) is 36.7. The standard InChI is InChI=1S/C11H21NO6/c1-5(2)17-11-8(12-6(3)14)10(16)9(15)7(4-13)18-11/h5,7-11,13,15-16H,4H2,1-3H3,(H,12,14)/t7?,8-,9-,10?,11+/m0/s1. The molecule has 0 saturated carbocycles. The minimum atomic E-state index is -1.28. The van der Waals surface area contributed by atoms with Gasteiger partial charge in [0.2, 0.25) is 5.91 Å². The summed E-state index contributed by atoms with van der Waals surface area (Å²) < 4.78 is 10.8. The maximum atomic E-state index is 11.1. The highest BCUT2D eigenvalue weighted by molar-refractivity contribution is 5.73. The molecule has 0 spiro atoms. The van der Waals surface area contributed by atoms with Crippen LogP contribution >= 0.6 is 0 Å². The van der Waals surface area contributed by atoms with Crippen LogP contribution < -0.4 is 5.32 Å². The third-order valence-corrected chi connectivity index (χ3v) is 2.66. The molecule has 2 unspecified atom stereocenters. The molecule has 0 aromatic carbocycles. The van der Waals surface area contributed by atoms with Crippen molar-refractivity contribution in [2.24, 2.45) is 0 Å². The van der Waals surface area contributed by atoms with Crippen molar-refractivity contribution >= 4 is 5.91 Å². The molecular formula is C11H21NO6. The van der Waals surface area contributed by atoms with Crippen molar-refractivity contribution in [2.75, 3.05) is 6.61 Å². The lowest BCUT2D eigenvalue weighted by atomic mass is 9.97. The highest BCUT2D eigenvalue weighted by Crippen LogP contribution is 2.22. The van der Waals surface area contributed by atoms with Crippen molar-refractivity contribution < 1.29 is 29.6 Å². The number of hydrogen-bond donors (Lipinski definition) is 4. The van der Waals surface area contributed by atoms with E-state index < -0.39 is 37.3 Å². The minimum absolute atomic E-state index is 0.187. The van der Waals surface area contributed by atoms with Gasteiger partial charge in [-0.3, -0.25) is 4.79 Å². The molecule has 1 heterocycles. The first-order valence-electron chi connectivity index (χ1n) is 5.91. The van der Waals surface area contributed by atoms with E-state index in [-0.39, 0.29) is 12.0 Å². The zero-order valence-electron chi connectivity index (χ0n) is 10.7. The van der Waals surface area contributed by atoms with Gasteiger partial charge in [-0.25, -0.2) is 0 Å². The fourth-order valence-corrected chi connectivity index (χ4v) is 1.85. The predicted molar refractivity (Wildman–Crippen MR) is 61.6 cm³/mol. The van der Waals surface area contributed by atoms with Crippen LogP contribution in [0.4, 0.5) is 0 Å². The van der Waals surface area contributed by atoms with Crippen LogP contribution in [0, 0.1) is 0 Å². The number of hydrogen-bond acceptors (Lipinski definition) is 6. The Bertz CT molecular complexity index is 285. The number of rotatable bonds is 4. The quantitative estimate of drug-likeness (QED) is 0.484. The van der Waals surface area contributed by atoms with E-state index in [1.807, 2.05) is 0 Å². The second kappa shape index (κ2) is 6.44. The number of nitrogens with one attached hydrogen (secondary N) is 1. The maximum Gasteiger partial charge on any atom is 0.217 e. The summed E-state index contributed by atoms with van der Waals surface area (Å²) in [5.74, 6) is -0.366. The van der Waals surface area contributed by atoms with Gasteiger partial charge in [0.15, 0.2) is 6.29 Å². The average molecular weight is 263 g/mol. The molecular weight excluding hydrogens is 242 g/mol. The first kappa shape index (κ1) is 15.3. The number of ether oxygens (including phenoxy) is 2. The monoisotopic (exact) mass is 263 g/mol. The summed E-state index contributed by atoms with van der Waals surface area (Å²) in [5, 5.41) is 31.2. The molecule has 106 valence electrons. The van der Waals surface area contributed by atoms with Crippen molar-refractivity contribution in [1.82, 2.24) is 5.32 Å². The molecule has 1 aliphatic heterocycles. The number of aliphatic hydroxyl groups is 3. The zero-order valence-corrected chi connectivity index (χ0v) is 10.7. The molecule has 0 radical (unpaired) electrons. The first-order valence-corrected chi connectivity index (χ1v) is 5.91. The fraction of sp³-hybridized carbons (Fsp3) is 0.909. The van der Waals surface area contributed by atoms with E-state index in [1.54, 1.807) is 13.8 Å². The molecule has 18 heavy (non-hydrogen) atoms. The van der Waals surface area contributed by atoms with Crippen LogP contribution in [0.3, 0.4) is 0 Å². The van der Waals surface area contributed by atoms with E-state index in [0.29, 0.717) is 0 Å². The van der Waals surface area contributed by atoms with E-state index in [0.717, 1.165) is 0 Å². The summed E-state index contributed by atoms with van der Waals surface area (Å²) >= 11 is 0. The van der Waals surface area contributed by atoms with Crippen LogP contribution in [-0.2, 0) is 14.3 Å². The van der Waals surface area contributed by atoms with Crippen molar-refractivity contribution in [3.63, 3.8) is 0 Å². The Hall–Kier alpha value is -0.730. The Kier molecular flexibility index (Phi) is 5.48. The van der Waals surface area contributed by atoms with Crippen LogP contribution in [0.1, 0.15) is 20.8 Å². The molecule has 0 bridgehead atoms. The topological polar surface area (TPSA) is 108 Å². The Morgan fingerprint density at radius 3 is 2.44 bits per heavy atom. The number of carbonyl (C=O) groups is 1. The van der Waals surface area contributed by atoms with Crippen LogP contribution in [-0.4, -0.2) is 64.6 Å². The number of amides is 1. The van der Waals surface area contributed by atoms with Crippen molar-refractivity contribution in [3.8, 4) is 0 Å². The van der Waals surface area contributed by atoms with Crippen LogP contribution in [0.5, 0.6) is 0 Å². The van der Waals surface area contributed by atoms with Crippen LogP contribution in [0.2, 0.25) is 0 Å². The molecule has 0 aromatic rings. The number of aliphatic hydroxyl groups excluding tert-OH is 3. The SMILES string of the molecule is CC(=O)N[C@H]1C(O)[C@@H](O)C(CO)O[C@H]1OC(C)C. The Balaban J connectivity index is 2.83. The summed E-state index contributed by atoms with van der Waals surface area (Å²) in [4.78, 5) is 11.1. The van der Waals surface area contributed by atoms with Gasteiger partial charge >= 0.3 is 0 Å². The third kappa shape index (κ3) is 3.63. The molecule has 1 rings (SSSR count). The van der Waals surface area contributed by atoms with Crippen LogP contribution in [0.25, 0.3) is 0 Å². The van der Waals surface area contributed by atoms with Gasteiger partial charge in [-0.2, -0.15) is 0 Å². The molecule has 4 N–H and O–H groups in total. The summed E-state index contributed by atoms with van der Waals surface area (Å²) in [6.07, 6.45) is -4.58. The molecule has 1 fully saturated rings. The van der Waals surface area contributed by atoms with Crippen molar-refractivity contribution in [3.05, 3.63) is 0 Å². The van der Waals surface area contributed by atoms with E-state index >= 15 is 0 Å². The van der Waals surface area contributed by atoms with Gasteiger partial charge in [-0.05, 0) is 13.8 Å². The highest BCUT2D eigenvalue weighted by atomic mass is 16.7. The van der Waals surface area contributed by atoms with E-state index in [1.165, 1.54) is 6.92 Å². The lowest BCUT2D eigenvalue weighted by Crippen LogP contribution is -2.64. The van der Waals surface area contributed by atoms with E-state index in [2.05, 4.69) is 5.32 Å². The molecule has 5 atom stereocenters. The summed E-state index contributed by atoms with van der Waals surface area (Å²) in [7, 11) is 0. The largest absolute Gasteiger partial charge is 0.394 e. The fourth-order valence-electron chi connectivity index (χ4n) is 1.85. The molecule has 1 saturated heterocycles. The van der Waals surface area contributed by atoms with Crippen molar-refractivity contribution in [1.29, 1.82) is 0 Å². The Labute approximate surface area is 106 Å². The molecule has 0 aromatic heterocycles. The average Bonchev–Trinajstić information content (AvgIpc) is 2.27. The Morgan fingerprint density at radius 2 is 2.00 bits per heavy atom. The third-order valence-electron chi connectivity index (χ3n) is 2.66. The predicted octanol–water partition coefficient (Wildman–Crippen LogP) is -1.64. The Morgan fingerprint density at radius 1 is 1.39 bits per heavy atom. The second-order valence-electron chi connectivity index (χ2n) is 4.62. The summed E-state index contributed by atoms with van der Waals surface area (Å²) in [5.41, 5.74) is 0. The van der Waals surface area contributed by atoms with Gasteiger partial charge in [0.1, 0.15) is 24.4 Å². The molecule has 1 amide bonds. The lowest BCUT2D eigenvalue weighted by Gasteiger charge is -2.42. The maximum absolute atomic E-state index is 11.1. The molecule has 0 aliphatic carbocycles. The first-order chi connectivity index (χ1) is 8.36.